The molecule has 1 aliphatic carbocycles. The second kappa shape index (κ2) is 4.82. The van der Waals surface area contributed by atoms with Gasteiger partial charge >= 0.3 is 0 Å². The van der Waals surface area contributed by atoms with Gasteiger partial charge in [0.1, 0.15) is 5.01 Å². The van der Waals surface area contributed by atoms with E-state index in [0.29, 0.717) is 6.54 Å². The predicted molar refractivity (Wildman–Crippen MR) is 66.7 cm³/mol. The van der Waals surface area contributed by atoms with Crippen molar-refractivity contribution in [2.24, 2.45) is 0 Å². The first-order valence-corrected chi connectivity index (χ1v) is 6.85. The van der Waals surface area contributed by atoms with Gasteiger partial charge in [-0.1, -0.05) is 12.8 Å². The Labute approximate surface area is 101 Å². The van der Waals surface area contributed by atoms with Crippen LogP contribution in [0.5, 0.6) is 0 Å². The lowest BCUT2D eigenvalue weighted by molar-refractivity contribution is 0.0453. The van der Waals surface area contributed by atoms with E-state index >= 15 is 0 Å². The summed E-state index contributed by atoms with van der Waals surface area (Å²) in [6.07, 6.45) is 4.18. The van der Waals surface area contributed by atoms with Crippen LogP contribution in [0.25, 0.3) is 0 Å². The van der Waals surface area contributed by atoms with Crippen LogP contribution >= 0.6 is 11.3 Å². The van der Waals surface area contributed by atoms with E-state index in [-0.39, 0.29) is 6.04 Å². The lowest BCUT2D eigenvalue weighted by atomic mass is 10.0. The van der Waals surface area contributed by atoms with Crippen LogP contribution in [-0.2, 0) is 0 Å². The number of aromatic nitrogens is 1. The van der Waals surface area contributed by atoms with E-state index in [2.05, 4.69) is 22.6 Å². The van der Waals surface area contributed by atoms with Gasteiger partial charge in [0.25, 0.3) is 0 Å². The molecule has 3 nitrogen and oxygen atoms in total. The molecule has 1 atom stereocenters. The van der Waals surface area contributed by atoms with Crippen LogP contribution in [-0.4, -0.2) is 22.2 Å². The Morgan fingerprint density at radius 1 is 1.56 bits per heavy atom. The number of hydrogen-bond acceptors (Lipinski definition) is 4. The highest BCUT2D eigenvalue weighted by Crippen LogP contribution is 2.29. The summed E-state index contributed by atoms with van der Waals surface area (Å²) < 4.78 is 0. The smallest absolute Gasteiger partial charge is 0.110 e. The topological polar surface area (TPSA) is 45.1 Å². The van der Waals surface area contributed by atoms with Crippen LogP contribution < -0.4 is 5.32 Å². The van der Waals surface area contributed by atoms with Crippen molar-refractivity contribution < 1.29 is 5.11 Å². The van der Waals surface area contributed by atoms with Gasteiger partial charge in [-0.15, -0.1) is 11.3 Å². The first kappa shape index (κ1) is 12.0. The van der Waals surface area contributed by atoms with Crippen LogP contribution in [0.4, 0.5) is 0 Å². The van der Waals surface area contributed by atoms with Crippen molar-refractivity contribution in [1.82, 2.24) is 10.3 Å². The van der Waals surface area contributed by atoms with E-state index in [9.17, 15) is 5.11 Å². The minimum atomic E-state index is -0.472. The average Bonchev–Trinajstić information content (AvgIpc) is 2.85. The summed E-state index contributed by atoms with van der Waals surface area (Å²) in [7, 11) is 0. The average molecular weight is 240 g/mol. The summed E-state index contributed by atoms with van der Waals surface area (Å²) in [5, 5.41) is 16.8. The summed E-state index contributed by atoms with van der Waals surface area (Å²) in [4.78, 5) is 4.45. The molecule has 4 heteroatoms. The minimum Gasteiger partial charge on any atom is -0.389 e. The van der Waals surface area contributed by atoms with Gasteiger partial charge in [0.2, 0.25) is 0 Å². The Hall–Kier alpha value is -0.450. The molecule has 1 aromatic heterocycles. The van der Waals surface area contributed by atoms with E-state index in [1.165, 1.54) is 0 Å². The lowest BCUT2D eigenvalue weighted by Crippen LogP contribution is -2.39. The highest BCUT2D eigenvalue weighted by atomic mass is 32.1. The maximum absolute atomic E-state index is 10.2. The maximum Gasteiger partial charge on any atom is 0.110 e. The summed E-state index contributed by atoms with van der Waals surface area (Å²) in [5.41, 5.74) is 0.605. The van der Waals surface area contributed by atoms with E-state index in [1.54, 1.807) is 11.3 Å². The molecule has 0 aromatic carbocycles. The number of aryl methyl sites for hydroxylation is 1. The third-order valence-electron chi connectivity index (χ3n) is 3.28. The fourth-order valence-corrected chi connectivity index (χ4v) is 3.04. The standard InChI is InChI=1S/C12H20N2OS/c1-9-7-16-11(14-9)10(2)13-8-12(15)5-3-4-6-12/h7,10,13,15H,3-6,8H2,1-2H3. The summed E-state index contributed by atoms with van der Waals surface area (Å²) >= 11 is 1.68. The van der Waals surface area contributed by atoms with Gasteiger partial charge < -0.3 is 10.4 Å². The molecule has 1 fully saturated rings. The molecule has 0 radical (unpaired) electrons. The molecule has 2 rings (SSSR count). The number of rotatable bonds is 4. The van der Waals surface area contributed by atoms with Gasteiger partial charge in [-0.25, -0.2) is 4.98 Å². The summed E-state index contributed by atoms with van der Waals surface area (Å²) in [5.74, 6) is 0. The largest absolute Gasteiger partial charge is 0.389 e. The molecule has 0 saturated heterocycles. The molecule has 0 spiro atoms. The molecule has 0 amide bonds. The molecule has 16 heavy (non-hydrogen) atoms. The number of nitrogens with zero attached hydrogens (tertiary/aromatic N) is 1. The SMILES string of the molecule is Cc1csc(C(C)NCC2(O)CCCC2)n1. The van der Waals surface area contributed by atoms with Crippen LogP contribution in [0.3, 0.4) is 0 Å². The van der Waals surface area contributed by atoms with Crippen molar-refractivity contribution >= 4 is 11.3 Å². The molecular weight excluding hydrogens is 220 g/mol. The van der Waals surface area contributed by atoms with Gasteiger partial charge in [-0.2, -0.15) is 0 Å². The van der Waals surface area contributed by atoms with Crippen LogP contribution in [0.2, 0.25) is 0 Å². The van der Waals surface area contributed by atoms with Gasteiger partial charge in [-0.05, 0) is 26.7 Å². The fraction of sp³-hybridized carbons (Fsp3) is 0.750. The van der Waals surface area contributed by atoms with Crippen molar-refractivity contribution in [3.63, 3.8) is 0 Å². The fourth-order valence-electron chi connectivity index (χ4n) is 2.21. The zero-order valence-corrected chi connectivity index (χ0v) is 10.8. The second-order valence-corrected chi connectivity index (χ2v) is 5.75. The Morgan fingerprint density at radius 2 is 2.25 bits per heavy atom. The molecule has 1 aromatic rings. The Balaban J connectivity index is 1.86. The van der Waals surface area contributed by atoms with Crippen molar-refractivity contribution in [2.45, 2.75) is 51.2 Å². The number of nitrogens with one attached hydrogen (secondary N) is 1. The number of aliphatic hydroxyl groups is 1. The second-order valence-electron chi connectivity index (χ2n) is 4.86. The Morgan fingerprint density at radius 3 is 2.81 bits per heavy atom. The minimum absolute atomic E-state index is 0.239. The molecule has 0 bridgehead atoms. The van der Waals surface area contributed by atoms with E-state index in [0.717, 1.165) is 36.4 Å². The van der Waals surface area contributed by atoms with Crippen molar-refractivity contribution in [3.8, 4) is 0 Å². The normalized spacial score (nSPS) is 21.2. The molecular formula is C12H20N2OS. The summed E-state index contributed by atoms with van der Waals surface area (Å²) in [6, 6.07) is 0.239. The molecule has 1 saturated carbocycles. The molecule has 0 aliphatic heterocycles. The first-order chi connectivity index (χ1) is 7.59. The molecule has 1 heterocycles. The van der Waals surface area contributed by atoms with Crippen LogP contribution in [0, 0.1) is 6.92 Å². The Bertz CT molecular complexity index is 345. The molecule has 2 N–H and O–H groups in total. The van der Waals surface area contributed by atoms with Crippen LogP contribution in [0.15, 0.2) is 5.38 Å². The molecule has 90 valence electrons. The number of thiazole rings is 1. The zero-order chi connectivity index (χ0) is 11.6. The summed E-state index contributed by atoms with van der Waals surface area (Å²) in [6.45, 7) is 4.81. The third-order valence-corrected chi connectivity index (χ3v) is 4.42. The predicted octanol–water partition coefficient (Wildman–Crippen LogP) is 2.41. The van der Waals surface area contributed by atoms with E-state index in [1.807, 2.05) is 6.92 Å². The lowest BCUT2D eigenvalue weighted by Gasteiger charge is -2.24. The Kier molecular flexibility index (Phi) is 3.62. The molecule has 1 unspecified atom stereocenters. The van der Waals surface area contributed by atoms with Crippen molar-refractivity contribution in [1.29, 1.82) is 0 Å². The first-order valence-electron chi connectivity index (χ1n) is 5.97. The monoisotopic (exact) mass is 240 g/mol. The molecule has 1 aliphatic rings. The van der Waals surface area contributed by atoms with Gasteiger partial charge in [0.15, 0.2) is 0 Å². The van der Waals surface area contributed by atoms with Crippen molar-refractivity contribution in [2.75, 3.05) is 6.54 Å². The zero-order valence-electron chi connectivity index (χ0n) is 9.99. The van der Waals surface area contributed by atoms with E-state index < -0.39 is 5.60 Å². The van der Waals surface area contributed by atoms with E-state index in [4.69, 9.17) is 0 Å². The van der Waals surface area contributed by atoms with Crippen molar-refractivity contribution in [3.05, 3.63) is 16.1 Å². The highest BCUT2D eigenvalue weighted by Gasteiger charge is 2.31. The van der Waals surface area contributed by atoms with Gasteiger partial charge in [0, 0.05) is 17.6 Å². The quantitative estimate of drug-likeness (QED) is 0.849. The van der Waals surface area contributed by atoms with Crippen LogP contribution in [0.1, 0.15) is 49.4 Å². The van der Waals surface area contributed by atoms with Gasteiger partial charge in [0.05, 0.1) is 11.6 Å². The van der Waals surface area contributed by atoms with Gasteiger partial charge in [-0.3, -0.25) is 0 Å². The third kappa shape index (κ3) is 2.81. The number of hydrogen-bond donors (Lipinski definition) is 2. The maximum atomic E-state index is 10.2. The highest BCUT2D eigenvalue weighted by molar-refractivity contribution is 7.09.